The van der Waals surface area contributed by atoms with E-state index in [1.54, 1.807) is 0 Å². The van der Waals surface area contributed by atoms with Crippen LogP contribution in [0.1, 0.15) is 55.6 Å². The summed E-state index contributed by atoms with van der Waals surface area (Å²) in [4.78, 5) is 5.34. The van der Waals surface area contributed by atoms with E-state index in [1.807, 2.05) is 34.0 Å². The van der Waals surface area contributed by atoms with Crippen LogP contribution in [0.5, 0.6) is 0 Å². The molecule has 4 aromatic heterocycles. The van der Waals surface area contributed by atoms with Gasteiger partial charge in [-0.2, -0.15) is 0 Å². The minimum absolute atomic E-state index is 0.443. The zero-order valence-corrected chi connectivity index (χ0v) is 39.5. The van der Waals surface area contributed by atoms with E-state index in [2.05, 4.69) is 204 Å². The summed E-state index contributed by atoms with van der Waals surface area (Å²) in [6, 6.07) is 71.6. The molecule has 1 aliphatic heterocycles. The summed E-state index contributed by atoms with van der Waals surface area (Å²) < 4.78 is 10.3. The fourth-order valence-electron chi connectivity index (χ4n) is 13.8. The van der Waals surface area contributed by atoms with Gasteiger partial charge in [-0.25, -0.2) is 0 Å². The van der Waals surface area contributed by atoms with Gasteiger partial charge in [-0.05, 0) is 138 Å². The fraction of sp³-hybridized carbons (Fsp3) is 0.0625. The quantitative estimate of drug-likeness (QED) is 0.176. The van der Waals surface area contributed by atoms with Crippen LogP contribution in [0.2, 0.25) is 0 Å². The molecule has 2 nitrogen and oxygen atoms in total. The van der Waals surface area contributed by atoms with Gasteiger partial charge >= 0.3 is 0 Å². The van der Waals surface area contributed by atoms with Gasteiger partial charge in [0.2, 0.25) is 0 Å². The number of furan rings is 1. The molecular weight excluding hydrogens is 895 g/mol. The van der Waals surface area contributed by atoms with Crippen LogP contribution >= 0.6 is 34.0 Å². The van der Waals surface area contributed by atoms with Gasteiger partial charge in [0.15, 0.2) is 5.58 Å². The predicted molar refractivity (Wildman–Crippen MR) is 290 cm³/mol. The number of fused-ring (bicyclic) bond motifs is 18. The van der Waals surface area contributed by atoms with Crippen LogP contribution in [-0.2, 0) is 23.7 Å². The molecule has 1 spiro atoms. The topological polar surface area (TPSA) is 16.4 Å². The van der Waals surface area contributed by atoms with E-state index in [-0.39, 0.29) is 0 Å². The summed E-state index contributed by atoms with van der Waals surface area (Å²) >= 11 is 5.65. The Bertz CT molecular complexity index is 4300. The summed E-state index contributed by atoms with van der Waals surface area (Å²) in [7, 11) is 0. The minimum atomic E-state index is -0.618. The number of anilines is 3. The fourth-order valence-corrected chi connectivity index (χ4v) is 17.0. The molecule has 322 valence electrons. The molecule has 0 unspecified atom stereocenters. The second-order valence-corrected chi connectivity index (χ2v) is 22.2. The van der Waals surface area contributed by atoms with Crippen LogP contribution in [0.3, 0.4) is 0 Å². The standard InChI is InChI=1S/C64H37NOS3/c1-3-12-38(13-4-1)63(39-14-5-2-6-15-39)45-18-8-9-19-51(45)65(53-35-55-44(34-50(53)63)40-16-7-10-21-54(40)69-55)52-20-11-17-41-42-27-29-47-58(60(42)66-59(41)52)43-26-24-36-22-23-37-25-28-46(57(43)56(36)37)64(47)48-30-32-67-61(48)62-49(64)31-33-68-62/h1-21,24-35H,22-23H2. The van der Waals surface area contributed by atoms with Crippen LogP contribution in [-0.4, -0.2) is 0 Å². The Balaban J connectivity index is 0.999. The van der Waals surface area contributed by atoms with E-state index in [0.29, 0.717) is 0 Å². The maximum absolute atomic E-state index is 7.75. The third-order valence-electron chi connectivity index (χ3n) is 16.4. The Morgan fingerprint density at radius 3 is 1.84 bits per heavy atom. The summed E-state index contributed by atoms with van der Waals surface area (Å²) in [6.07, 6.45) is 2.17. The number of benzene rings is 9. The van der Waals surface area contributed by atoms with Crippen LogP contribution in [0.4, 0.5) is 17.1 Å². The molecule has 0 bridgehead atoms. The van der Waals surface area contributed by atoms with Crippen molar-refractivity contribution in [1.82, 2.24) is 0 Å². The number of aryl methyl sites for hydroxylation is 2. The van der Waals surface area contributed by atoms with Crippen molar-refractivity contribution in [1.29, 1.82) is 0 Å². The minimum Gasteiger partial charge on any atom is -0.453 e. The average Bonchev–Trinajstić information content (AvgIpc) is 4.28. The van der Waals surface area contributed by atoms with Gasteiger partial charge in [0.1, 0.15) is 5.58 Å². The number of nitrogens with zero attached hydrogens (tertiary/aromatic N) is 1. The molecule has 0 fully saturated rings. The first-order valence-electron chi connectivity index (χ1n) is 23.9. The van der Waals surface area contributed by atoms with E-state index in [0.717, 1.165) is 51.8 Å². The molecule has 4 aliphatic rings. The average molecular weight is 932 g/mol. The van der Waals surface area contributed by atoms with Gasteiger partial charge in [0.25, 0.3) is 0 Å². The smallest absolute Gasteiger partial charge is 0.159 e. The second-order valence-electron chi connectivity index (χ2n) is 19.3. The Labute approximate surface area is 409 Å². The van der Waals surface area contributed by atoms with E-state index in [4.69, 9.17) is 4.42 Å². The first kappa shape index (κ1) is 37.4. The predicted octanol–water partition coefficient (Wildman–Crippen LogP) is 17.8. The van der Waals surface area contributed by atoms with E-state index >= 15 is 0 Å². The monoisotopic (exact) mass is 931 g/mol. The van der Waals surface area contributed by atoms with Crippen molar-refractivity contribution in [3.05, 3.63) is 254 Å². The third-order valence-corrected chi connectivity index (χ3v) is 19.5. The van der Waals surface area contributed by atoms with Crippen LogP contribution in [0, 0.1) is 0 Å². The molecule has 0 atom stereocenters. The SMILES string of the molecule is c1ccc(C2(c3ccccc3)c3ccccc3N(c3cccc4c3oc3c5c(ccc34)C3(c4ccsc4-c4sccc43)c3ccc4c6c(ccc-5c36)CC4)c3cc4sc5ccccc5c4cc32)cc1. The molecule has 13 aromatic rings. The Morgan fingerprint density at radius 1 is 0.406 bits per heavy atom. The maximum Gasteiger partial charge on any atom is 0.159 e. The summed E-state index contributed by atoms with van der Waals surface area (Å²) in [5, 5.41) is 12.3. The van der Waals surface area contributed by atoms with E-state index < -0.39 is 10.8 Å². The summed E-state index contributed by atoms with van der Waals surface area (Å²) in [6.45, 7) is 0. The normalized spacial score (nSPS) is 15.3. The molecule has 5 heteroatoms. The highest BCUT2D eigenvalue weighted by molar-refractivity contribution is 7.25. The number of para-hydroxylation sites is 2. The molecule has 0 amide bonds. The Hall–Kier alpha value is -7.54. The van der Waals surface area contributed by atoms with Crippen molar-refractivity contribution in [3.63, 3.8) is 0 Å². The van der Waals surface area contributed by atoms with Crippen molar-refractivity contribution >= 4 is 104 Å². The highest BCUT2D eigenvalue weighted by Gasteiger charge is 2.53. The zero-order chi connectivity index (χ0) is 44.7. The molecule has 3 aliphatic carbocycles. The van der Waals surface area contributed by atoms with Gasteiger partial charge in [-0.3, -0.25) is 0 Å². The lowest BCUT2D eigenvalue weighted by atomic mass is 9.61. The highest BCUT2D eigenvalue weighted by atomic mass is 32.1. The highest BCUT2D eigenvalue weighted by Crippen LogP contribution is 2.66. The molecule has 0 saturated carbocycles. The molecule has 5 heterocycles. The van der Waals surface area contributed by atoms with Gasteiger partial charge < -0.3 is 9.32 Å². The first-order valence-corrected chi connectivity index (χ1v) is 26.5. The molecule has 0 N–H and O–H groups in total. The van der Waals surface area contributed by atoms with Crippen molar-refractivity contribution in [2.24, 2.45) is 0 Å². The lowest BCUT2D eigenvalue weighted by molar-refractivity contribution is 0.666. The van der Waals surface area contributed by atoms with E-state index in [1.165, 1.54) is 107 Å². The number of hydrogen-bond donors (Lipinski definition) is 0. The molecular formula is C64H37NOS3. The van der Waals surface area contributed by atoms with Gasteiger partial charge in [-0.15, -0.1) is 34.0 Å². The summed E-state index contributed by atoms with van der Waals surface area (Å²) in [5.41, 5.74) is 20.1. The number of hydrogen-bond acceptors (Lipinski definition) is 5. The van der Waals surface area contributed by atoms with Gasteiger partial charge in [-0.1, -0.05) is 146 Å². The van der Waals surface area contributed by atoms with E-state index in [9.17, 15) is 0 Å². The van der Waals surface area contributed by atoms with Crippen molar-refractivity contribution in [3.8, 4) is 20.9 Å². The number of thiophene rings is 3. The molecule has 9 aromatic carbocycles. The molecule has 69 heavy (non-hydrogen) atoms. The Kier molecular flexibility index (Phi) is 7.14. The summed E-state index contributed by atoms with van der Waals surface area (Å²) in [5.74, 6) is 0. The third kappa shape index (κ3) is 4.41. The van der Waals surface area contributed by atoms with Crippen LogP contribution < -0.4 is 4.90 Å². The second kappa shape index (κ2) is 13.2. The van der Waals surface area contributed by atoms with Crippen molar-refractivity contribution in [2.45, 2.75) is 23.7 Å². The first-order chi connectivity index (χ1) is 34.2. The lowest BCUT2D eigenvalue weighted by Crippen LogP contribution is -2.37. The largest absolute Gasteiger partial charge is 0.453 e. The van der Waals surface area contributed by atoms with Gasteiger partial charge in [0.05, 0.1) is 27.9 Å². The van der Waals surface area contributed by atoms with Crippen molar-refractivity contribution in [2.75, 3.05) is 4.90 Å². The zero-order valence-electron chi connectivity index (χ0n) is 37.0. The number of rotatable bonds is 3. The van der Waals surface area contributed by atoms with Gasteiger partial charge in [0, 0.05) is 46.3 Å². The van der Waals surface area contributed by atoms with Crippen molar-refractivity contribution < 1.29 is 4.42 Å². The maximum atomic E-state index is 7.75. The van der Waals surface area contributed by atoms with Crippen LogP contribution in [0.25, 0.3) is 73.8 Å². The molecule has 0 radical (unpaired) electrons. The molecule has 17 rings (SSSR count). The molecule has 0 saturated heterocycles. The lowest BCUT2D eigenvalue weighted by Gasteiger charge is -2.46. The Morgan fingerprint density at radius 2 is 1.06 bits per heavy atom. The van der Waals surface area contributed by atoms with Crippen LogP contribution in [0.15, 0.2) is 203 Å².